The van der Waals surface area contributed by atoms with Crippen LogP contribution in [0, 0.1) is 11.6 Å². The topological polar surface area (TPSA) is 83.2 Å². The monoisotopic (exact) mass is 559 g/mol. The zero-order valence-electron chi connectivity index (χ0n) is 22.0. The Balaban J connectivity index is 1.79. The number of carbonyl (C=O) groups is 1. The molecule has 3 heterocycles. The second-order valence-electron chi connectivity index (χ2n) is 10.4. The van der Waals surface area contributed by atoms with E-state index in [1.54, 1.807) is 12.3 Å². The lowest BCUT2D eigenvalue weighted by molar-refractivity contribution is 0.0899. The standard InChI is InChI=1S/C26H31F2N5O3SSi/c1-16(2)33-21(6-9-30-33)18-14-32(15-35-10-11-38(3,4)5)25-23(18)22(7-8-29-25)36-24-19(27)12-17(13-20(24)28)31-26(34)37/h6-9,12-14,16H,10-11,15H2,1-5H3,(H2,31,34,37). The molecular formula is C26H31F2N5O3SSi. The number of fused-ring (bicyclic) bond motifs is 1. The van der Waals surface area contributed by atoms with Crippen LogP contribution in [0.3, 0.4) is 0 Å². The molecule has 8 nitrogen and oxygen atoms in total. The highest BCUT2D eigenvalue weighted by atomic mass is 32.1. The summed E-state index contributed by atoms with van der Waals surface area (Å²) in [5, 5.41) is 6.51. The van der Waals surface area contributed by atoms with Gasteiger partial charge in [0, 0.05) is 62.7 Å². The zero-order valence-corrected chi connectivity index (χ0v) is 23.9. The number of hydrogen-bond donors (Lipinski definition) is 2. The highest BCUT2D eigenvalue weighted by Gasteiger charge is 2.23. The Labute approximate surface area is 226 Å². The molecule has 4 rings (SSSR count). The quantitative estimate of drug-likeness (QED) is 0.121. The van der Waals surface area contributed by atoms with E-state index in [-0.39, 0.29) is 24.2 Å². The van der Waals surface area contributed by atoms with Crippen LogP contribution < -0.4 is 10.1 Å². The summed E-state index contributed by atoms with van der Waals surface area (Å²) >= 11 is 3.58. The van der Waals surface area contributed by atoms with Gasteiger partial charge in [0.1, 0.15) is 18.1 Å². The molecule has 0 bridgehead atoms. The Morgan fingerprint density at radius 1 is 1.16 bits per heavy atom. The lowest BCUT2D eigenvalue weighted by atomic mass is 10.1. The number of carbonyl (C=O) groups excluding carboxylic acids is 1. The third-order valence-electron chi connectivity index (χ3n) is 5.84. The van der Waals surface area contributed by atoms with Gasteiger partial charge in [0.05, 0.1) is 11.1 Å². The predicted octanol–water partition coefficient (Wildman–Crippen LogP) is 7.33. The van der Waals surface area contributed by atoms with Crippen molar-refractivity contribution in [3.63, 3.8) is 0 Å². The van der Waals surface area contributed by atoms with Crippen molar-refractivity contribution in [2.45, 2.75) is 52.3 Å². The first kappa shape index (κ1) is 27.8. The number of hydrogen-bond acceptors (Lipinski definition) is 5. The molecule has 1 aromatic carbocycles. The first-order valence-corrected chi connectivity index (χ1v) is 16.4. The molecule has 0 aliphatic heterocycles. The summed E-state index contributed by atoms with van der Waals surface area (Å²) in [6.07, 6.45) is 5.12. The molecule has 1 amide bonds. The van der Waals surface area contributed by atoms with Crippen molar-refractivity contribution >= 4 is 42.7 Å². The largest absolute Gasteiger partial charge is 0.450 e. The Hall–Kier alpha value is -3.22. The smallest absolute Gasteiger partial charge is 0.280 e. The number of nitrogens with one attached hydrogen (secondary N) is 1. The first-order chi connectivity index (χ1) is 17.9. The molecule has 0 unspecified atom stereocenters. The second-order valence-corrected chi connectivity index (χ2v) is 16.5. The number of halogens is 2. The van der Waals surface area contributed by atoms with Crippen molar-refractivity contribution in [3.8, 4) is 22.8 Å². The van der Waals surface area contributed by atoms with Gasteiger partial charge in [-0.3, -0.25) is 9.48 Å². The summed E-state index contributed by atoms with van der Waals surface area (Å²) in [6, 6.07) is 6.45. The number of thiol groups is 1. The maximum atomic E-state index is 14.9. The zero-order chi connectivity index (χ0) is 27.6. The molecule has 0 saturated heterocycles. The van der Waals surface area contributed by atoms with Crippen molar-refractivity contribution in [2.75, 3.05) is 11.9 Å². The number of rotatable bonds is 10. The van der Waals surface area contributed by atoms with E-state index in [9.17, 15) is 13.6 Å². The van der Waals surface area contributed by atoms with Crippen molar-refractivity contribution in [1.29, 1.82) is 0 Å². The van der Waals surface area contributed by atoms with E-state index < -0.39 is 30.7 Å². The summed E-state index contributed by atoms with van der Waals surface area (Å²) in [5.74, 6) is -2.34. The summed E-state index contributed by atoms with van der Waals surface area (Å²) in [5.41, 5.74) is 2.01. The molecule has 4 aromatic rings. The van der Waals surface area contributed by atoms with Gasteiger partial charge in [0.25, 0.3) is 5.24 Å². The van der Waals surface area contributed by atoms with Crippen molar-refractivity contribution in [1.82, 2.24) is 19.3 Å². The minimum Gasteiger partial charge on any atom is -0.450 e. The number of pyridine rings is 1. The Kier molecular flexibility index (Phi) is 8.24. The molecule has 3 aromatic heterocycles. The molecule has 0 atom stereocenters. The molecule has 0 spiro atoms. The summed E-state index contributed by atoms with van der Waals surface area (Å²) in [7, 11) is -1.26. The average molecular weight is 560 g/mol. The third-order valence-corrected chi connectivity index (χ3v) is 7.66. The Morgan fingerprint density at radius 3 is 2.50 bits per heavy atom. The predicted molar refractivity (Wildman–Crippen MR) is 150 cm³/mol. The van der Waals surface area contributed by atoms with E-state index in [1.807, 2.05) is 35.4 Å². The molecule has 202 valence electrons. The number of benzene rings is 1. The van der Waals surface area contributed by atoms with Crippen LogP contribution in [0.4, 0.5) is 19.3 Å². The van der Waals surface area contributed by atoms with Gasteiger partial charge in [-0.15, -0.1) is 0 Å². The van der Waals surface area contributed by atoms with E-state index in [0.29, 0.717) is 17.6 Å². The molecule has 0 radical (unpaired) electrons. The van der Waals surface area contributed by atoms with Gasteiger partial charge in [0.2, 0.25) is 0 Å². The van der Waals surface area contributed by atoms with Crippen LogP contribution in [0.15, 0.2) is 42.9 Å². The summed E-state index contributed by atoms with van der Waals surface area (Å²) in [6.45, 7) is 11.8. The molecule has 0 fully saturated rings. The minimum absolute atomic E-state index is 0.0666. The fraction of sp³-hybridized carbons (Fsp3) is 0.346. The lowest BCUT2D eigenvalue weighted by Crippen LogP contribution is -2.22. The SMILES string of the molecule is CC(C)n1nccc1-c1cn(COCC[Si](C)(C)C)c2nccc(Oc3c(F)cc(NC(=O)S)cc3F)c12. The molecule has 0 aliphatic carbocycles. The van der Waals surface area contributed by atoms with Gasteiger partial charge in [0.15, 0.2) is 17.4 Å². The lowest BCUT2D eigenvalue weighted by Gasteiger charge is -2.15. The summed E-state index contributed by atoms with van der Waals surface area (Å²) in [4.78, 5) is 15.7. The third kappa shape index (κ3) is 6.25. The van der Waals surface area contributed by atoms with Gasteiger partial charge in [-0.05, 0) is 32.0 Å². The number of amides is 1. The number of ether oxygens (including phenoxy) is 2. The maximum absolute atomic E-state index is 14.9. The molecule has 12 heteroatoms. The normalized spacial score (nSPS) is 11.9. The van der Waals surface area contributed by atoms with E-state index in [0.717, 1.165) is 29.4 Å². The summed E-state index contributed by atoms with van der Waals surface area (Å²) < 4.78 is 45.4. The van der Waals surface area contributed by atoms with E-state index in [2.05, 4.69) is 47.7 Å². The minimum atomic E-state index is -1.26. The average Bonchev–Trinajstić information content (AvgIpc) is 3.43. The van der Waals surface area contributed by atoms with Gasteiger partial charge >= 0.3 is 0 Å². The van der Waals surface area contributed by atoms with Gasteiger partial charge in [-0.1, -0.05) is 32.3 Å². The van der Waals surface area contributed by atoms with Crippen LogP contribution in [0.2, 0.25) is 25.7 Å². The fourth-order valence-electron chi connectivity index (χ4n) is 4.01. The fourth-order valence-corrected chi connectivity index (χ4v) is 4.89. The van der Waals surface area contributed by atoms with Gasteiger partial charge < -0.3 is 19.4 Å². The van der Waals surface area contributed by atoms with Crippen LogP contribution in [0.5, 0.6) is 11.5 Å². The Bertz CT molecular complexity index is 1440. The van der Waals surface area contributed by atoms with Crippen LogP contribution in [-0.4, -0.2) is 39.3 Å². The van der Waals surface area contributed by atoms with Gasteiger partial charge in [-0.2, -0.15) is 5.10 Å². The van der Waals surface area contributed by atoms with Crippen LogP contribution in [0.1, 0.15) is 19.9 Å². The highest BCUT2D eigenvalue weighted by molar-refractivity contribution is 7.96. The van der Waals surface area contributed by atoms with Crippen LogP contribution in [0.25, 0.3) is 22.3 Å². The molecule has 1 N–H and O–H groups in total. The van der Waals surface area contributed by atoms with Crippen molar-refractivity contribution in [3.05, 3.63) is 54.5 Å². The molecule has 38 heavy (non-hydrogen) atoms. The van der Waals surface area contributed by atoms with E-state index >= 15 is 0 Å². The highest BCUT2D eigenvalue weighted by Crippen LogP contribution is 2.40. The first-order valence-electron chi connectivity index (χ1n) is 12.2. The molecule has 0 aliphatic rings. The van der Waals surface area contributed by atoms with Crippen LogP contribution >= 0.6 is 12.6 Å². The van der Waals surface area contributed by atoms with Crippen molar-refractivity contribution < 1.29 is 23.0 Å². The second kappa shape index (κ2) is 11.3. The maximum Gasteiger partial charge on any atom is 0.280 e. The molecule has 0 saturated carbocycles. The van der Waals surface area contributed by atoms with Crippen LogP contribution in [-0.2, 0) is 11.5 Å². The van der Waals surface area contributed by atoms with E-state index in [4.69, 9.17) is 9.47 Å². The number of nitrogens with zero attached hydrogens (tertiary/aromatic N) is 4. The van der Waals surface area contributed by atoms with Crippen molar-refractivity contribution in [2.24, 2.45) is 0 Å². The van der Waals surface area contributed by atoms with E-state index in [1.165, 1.54) is 6.20 Å². The number of anilines is 1. The molecular weight excluding hydrogens is 528 g/mol. The Morgan fingerprint density at radius 2 is 1.87 bits per heavy atom. The van der Waals surface area contributed by atoms with Gasteiger partial charge in [-0.25, -0.2) is 13.8 Å². The number of aromatic nitrogens is 4.